The zero-order valence-electron chi connectivity index (χ0n) is 11.1. The van der Waals surface area contributed by atoms with E-state index in [2.05, 4.69) is 65.3 Å². The largest absolute Gasteiger partial charge is 0.236 e. The minimum absolute atomic E-state index is 1.01. The first-order valence-corrected chi connectivity index (χ1v) is 8.20. The monoisotopic (exact) mass is 343 g/mol. The number of nitrogens with zero attached hydrogens (tertiary/aromatic N) is 1. The van der Waals surface area contributed by atoms with Gasteiger partial charge in [-0.2, -0.15) is 0 Å². The van der Waals surface area contributed by atoms with E-state index in [0.717, 1.165) is 27.2 Å². The molecule has 0 unspecified atom stereocenters. The molecule has 0 saturated carbocycles. The summed E-state index contributed by atoms with van der Waals surface area (Å²) in [5.41, 5.74) is 3.47. The molecule has 0 amide bonds. The van der Waals surface area contributed by atoms with Crippen LogP contribution >= 0.6 is 27.3 Å². The van der Waals surface area contributed by atoms with Gasteiger partial charge in [-0.25, -0.2) is 4.98 Å². The highest BCUT2D eigenvalue weighted by Crippen LogP contribution is 2.36. The molecule has 1 heterocycles. The Bertz CT molecular complexity index is 719. The molecule has 0 aliphatic heterocycles. The summed E-state index contributed by atoms with van der Waals surface area (Å²) in [7, 11) is 0. The lowest BCUT2D eigenvalue weighted by atomic mass is 10.1. The van der Waals surface area contributed by atoms with E-state index < -0.39 is 0 Å². The van der Waals surface area contributed by atoms with Gasteiger partial charge in [0.2, 0.25) is 0 Å². The van der Waals surface area contributed by atoms with Gasteiger partial charge in [0, 0.05) is 20.5 Å². The third-order valence-electron chi connectivity index (χ3n) is 3.17. The fourth-order valence-electron chi connectivity index (χ4n) is 2.16. The van der Waals surface area contributed by atoms with Crippen LogP contribution in [0.1, 0.15) is 11.8 Å². The van der Waals surface area contributed by atoms with Gasteiger partial charge >= 0.3 is 0 Å². The first-order chi connectivity index (χ1) is 9.79. The molecular formula is C17H14BrNS. The molecule has 0 spiro atoms. The normalized spacial score (nSPS) is 10.7. The first-order valence-electron chi connectivity index (χ1n) is 6.59. The maximum absolute atomic E-state index is 4.87. The maximum atomic E-state index is 4.87. The molecular weight excluding hydrogens is 330 g/mol. The lowest BCUT2D eigenvalue weighted by molar-refractivity contribution is 1.17. The van der Waals surface area contributed by atoms with E-state index in [9.17, 15) is 0 Å². The average molecular weight is 344 g/mol. The second-order valence-electron chi connectivity index (χ2n) is 4.49. The number of hydrogen-bond acceptors (Lipinski definition) is 2. The van der Waals surface area contributed by atoms with Crippen molar-refractivity contribution in [3.8, 4) is 21.8 Å². The number of thiazole rings is 1. The van der Waals surface area contributed by atoms with Gasteiger partial charge in [-0.15, -0.1) is 11.3 Å². The van der Waals surface area contributed by atoms with E-state index >= 15 is 0 Å². The van der Waals surface area contributed by atoms with Gasteiger partial charge in [-0.05, 0) is 12.5 Å². The predicted octanol–water partition coefficient (Wildman–Crippen LogP) is 5.80. The van der Waals surface area contributed by atoms with Crippen LogP contribution in [-0.2, 0) is 6.42 Å². The van der Waals surface area contributed by atoms with Crippen LogP contribution in [0.2, 0.25) is 0 Å². The number of aromatic nitrogens is 1. The van der Waals surface area contributed by atoms with Crippen LogP contribution in [0, 0.1) is 0 Å². The molecule has 1 nitrogen and oxygen atoms in total. The van der Waals surface area contributed by atoms with Gasteiger partial charge in [0.05, 0.1) is 5.69 Å². The SMILES string of the molecule is CCc1sc(-c2ccccc2Br)nc1-c1ccccc1. The molecule has 3 heteroatoms. The molecule has 0 aliphatic rings. The standard InChI is InChI=1S/C17H14BrNS/c1-2-15-16(12-8-4-3-5-9-12)19-17(20-15)13-10-6-7-11-14(13)18/h3-11H,2H2,1H3. The highest BCUT2D eigenvalue weighted by atomic mass is 79.9. The van der Waals surface area contributed by atoms with E-state index in [1.807, 2.05) is 12.1 Å². The highest BCUT2D eigenvalue weighted by molar-refractivity contribution is 9.10. The molecule has 0 atom stereocenters. The van der Waals surface area contributed by atoms with Crippen molar-refractivity contribution in [2.45, 2.75) is 13.3 Å². The Morgan fingerprint density at radius 1 is 1.00 bits per heavy atom. The fourth-order valence-corrected chi connectivity index (χ4v) is 3.83. The number of hydrogen-bond donors (Lipinski definition) is 0. The summed E-state index contributed by atoms with van der Waals surface area (Å²) in [6.07, 6.45) is 1.01. The lowest BCUT2D eigenvalue weighted by Gasteiger charge is -1.99. The zero-order valence-corrected chi connectivity index (χ0v) is 13.5. The third-order valence-corrected chi connectivity index (χ3v) is 5.09. The highest BCUT2D eigenvalue weighted by Gasteiger charge is 2.14. The summed E-state index contributed by atoms with van der Waals surface area (Å²) in [5.74, 6) is 0. The van der Waals surface area contributed by atoms with E-state index in [1.54, 1.807) is 11.3 Å². The summed E-state index contributed by atoms with van der Waals surface area (Å²) in [5, 5.41) is 1.08. The van der Waals surface area contributed by atoms with Crippen LogP contribution in [0.15, 0.2) is 59.1 Å². The van der Waals surface area contributed by atoms with Gasteiger partial charge in [0.25, 0.3) is 0 Å². The van der Waals surface area contributed by atoms with Gasteiger partial charge in [0.1, 0.15) is 5.01 Å². The summed E-state index contributed by atoms with van der Waals surface area (Å²) in [6.45, 7) is 2.18. The molecule has 20 heavy (non-hydrogen) atoms. The topological polar surface area (TPSA) is 12.9 Å². The van der Waals surface area contributed by atoms with Crippen molar-refractivity contribution in [1.29, 1.82) is 0 Å². The fraction of sp³-hybridized carbons (Fsp3) is 0.118. The second-order valence-corrected chi connectivity index (χ2v) is 6.43. The Labute approximate surface area is 131 Å². The quantitative estimate of drug-likeness (QED) is 0.585. The van der Waals surface area contributed by atoms with Gasteiger partial charge in [0.15, 0.2) is 0 Å². The summed E-state index contributed by atoms with van der Waals surface area (Å²) in [6, 6.07) is 18.7. The van der Waals surface area contributed by atoms with Crippen molar-refractivity contribution in [3.05, 3.63) is 63.9 Å². The Kier molecular flexibility index (Phi) is 3.99. The van der Waals surface area contributed by atoms with E-state index in [1.165, 1.54) is 10.4 Å². The Morgan fingerprint density at radius 2 is 1.70 bits per heavy atom. The molecule has 100 valence electrons. The zero-order chi connectivity index (χ0) is 13.9. The van der Waals surface area contributed by atoms with Crippen molar-refractivity contribution in [1.82, 2.24) is 4.98 Å². The smallest absolute Gasteiger partial charge is 0.125 e. The van der Waals surface area contributed by atoms with Crippen LogP contribution in [0.4, 0.5) is 0 Å². The summed E-state index contributed by atoms with van der Waals surface area (Å²) < 4.78 is 1.09. The van der Waals surface area contributed by atoms with Gasteiger partial charge in [-0.3, -0.25) is 0 Å². The molecule has 0 N–H and O–H groups in total. The van der Waals surface area contributed by atoms with Crippen LogP contribution in [0.25, 0.3) is 21.8 Å². The number of halogens is 1. The molecule has 0 bridgehead atoms. The third kappa shape index (κ3) is 2.56. The Hall–Kier alpha value is -1.45. The molecule has 0 saturated heterocycles. The Morgan fingerprint density at radius 3 is 2.40 bits per heavy atom. The Balaban J connectivity index is 2.13. The van der Waals surface area contributed by atoms with Crippen LogP contribution < -0.4 is 0 Å². The van der Waals surface area contributed by atoms with Crippen LogP contribution in [0.3, 0.4) is 0 Å². The molecule has 3 rings (SSSR count). The minimum atomic E-state index is 1.01. The average Bonchev–Trinajstić information content (AvgIpc) is 2.92. The minimum Gasteiger partial charge on any atom is -0.236 e. The number of benzene rings is 2. The molecule has 2 aromatic carbocycles. The van der Waals surface area contributed by atoms with E-state index in [0.29, 0.717) is 0 Å². The van der Waals surface area contributed by atoms with E-state index in [4.69, 9.17) is 4.98 Å². The van der Waals surface area contributed by atoms with E-state index in [-0.39, 0.29) is 0 Å². The predicted molar refractivity (Wildman–Crippen MR) is 90.1 cm³/mol. The van der Waals surface area contributed by atoms with Gasteiger partial charge in [-0.1, -0.05) is 71.4 Å². The van der Waals surface area contributed by atoms with Crippen molar-refractivity contribution >= 4 is 27.3 Å². The van der Waals surface area contributed by atoms with Crippen LogP contribution in [0.5, 0.6) is 0 Å². The van der Waals surface area contributed by atoms with Crippen molar-refractivity contribution in [2.24, 2.45) is 0 Å². The summed E-state index contributed by atoms with van der Waals surface area (Å²) >= 11 is 5.39. The molecule has 0 fully saturated rings. The molecule has 1 aromatic heterocycles. The maximum Gasteiger partial charge on any atom is 0.125 e. The van der Waals surface area contributed by atoms with Gasteiger partial charge < -0.3 is 0 Å². The van der Waals surface area contributed by atoms with Crippen LogP contribution in [-0.4, -0.2) is 4.98 Å². The van der Waals surface area contributed by atoms with Crippen molar-refractivity contribution < 1.29 is 0 Å². The summed E-state index contributed by atoms with van der Waals surface area (Å²) in [4.78, 5) is 6.21. The molecule has 0 aliphatic carbocycles. The van der Waals surface area contributed by atoms with Crippen molar-refractivity contribution in [2.75, 3.05) is 0 Å². The first kappa shape index (κ1) is 13.5. The molecule has 3 aromatic rings. The lowest BCUT2D eigenvalue weighted by Crippen LogP contribution is -1.83. The van der Waals surface area contributed by atoms with Crippen molar-refractivity contribution in [3.63, 3.8) is 0 Å². The number of aryl methyl sites for hydroxylation is 1. The molecule has 0 radical (unpaired) electrons. The number of rotatable bonds is 3. The second kappa shape index (κ2) is 5.90.